The Labute approximate surface area is 207 Å². The number of para-hydroxylation sites is 1. The molecule has 36 heavy (non-hydrogen) atoms. The fourth-order valence-electron chi connectivity index (χ4n) is 4.98. The number of pyridine rings is 1. The Balaban J connectivity index is 1.61. The summed E-state index contributed by atoms with van der Waals surface area (Å²) in [7, 11) is 1.93. The van der Waals surface area contributed by atoms with E-state index in [-0.39, 0.29) is 5.56 Å². The Morgan fingerprint density at radius 2 is 1.83 bits per heavy atom. The lowest BCUT2D eigenvalue weighted by atomic mass is 10.1. The van der Waals surface area contributed by atoms with Gasteiger partial charge in [-0.1, -0.05) is 36.4 Å². The largest absolute Gasteiger partial charge is 0.383 e. The lowest BCUT2D eigenvalue weighted by Gasteiger charge is -2.17. The molecular formula is C27H26N8O. The predicted octanol–water partition coefficient (Wildman–Crippen LogP) is 3.17. The fourth-order valence-corrected chi connectivity index (χ4v) is 4.98. The highest BCUT2D eigenvalue weighted by atomic mass is 16.1. The number of aryl methyl sites for hydroxylation is 2. The van der Waals surface area contributed by atoms with E-state index in [1.807, 2.05) is 79.3 Å². The normalized spacial score (nSPS) is 13.6. The Hall–Kier alpha value is -4.50. The molecule has 0 fully saturated rings. The molecule has 0 saturated carbocycles. The number of fused-ring (bicyclic) bond motifs is 2. The minimum Gasteiger partial charge on any atom is -0.383 e. The van der Waals surface area contributed by atoms with Crippen LogP contribution in [0.1, 0.15) is 22.5 Å². The smallest absolute Gasteiger partial charge is 0.263 e. The van der Waals surface area contributed by atoms with Crippen molar-refractivity contribution in [2.45, 2.75) is 20.4 Å². The molecule has 6 rings (SSSR count). The number of rotatable bonds is 4. The molecule has 2 aromatic carbocycles. The fraction of sp³-hybridized carbons (Fsp3) is 0.185. The van der Waals surface area contributed by atoms with Crippen molar-refractivity contribution < 1.29 is 0 Å². The van der Waals surface area contributed by atoms with Gasteiger partial charge in [-0.2, -0.15) is 5.10 Å². The van der Waals surface area contributed by atoms with E-state index in [9.17, 15) is 4.79 Å². The van der Waals surface area contributed by atoms with Gasteiger partial charge in [0.05, 0.1) is 23.0 Å². The topological polar surface area (TPSA) is 107 Å². The summed E-state index contributed by atoms with van der Waals surface area (Å²) in [4.78, 5) is 22.7. The molecule has 0 amide bonds. The number of nitrogens with zero attached hydrogens (tertiary/aromatic N) is 6. The molecule has 5 aromatic rings. The van der Waals surface area contributed by atoms with E-state index in [0.29, 0.717) is 35.3 Å². The van der Waals surface area contributed by atoms with Gasteiger partial charge in [0.15, 0.2) is 5.65 Å². The van der Waals surface area contributed by atoms with E-state index in [4.69, 9.17) is 10.8 Å². The first-order chi connectivity index (χ1) is 17.4. The van der Waals surface area contributed by atoms with Crippen LogP contribution >= 0.6 is 0 Å². The second-order valence-corrected chi connectivity index (χ2v) is 9.17. The number of nitrogens with two attached hydrogens (primary N) is 1. The van der Waals surface area contributed by atoms with E-state index in [2.05, 4.69) is 21.5 Å². The molecule has 0 atom stereocenters. The van der Waals surface area contributed by atoms with Crippen LogP contribution in [0.25, 0.3) is 33.1 Å². The highest BCUT2D eigenvalue weighted by molar-refractivity contribution is 5.96. The first kappa shape index (κ1) is 22.0. The molecular weight excluding hydrogens is 452 g/mol. The van der Waals surface area contributed by atoms with E-state index in [0.717, 1.165) is 39.2 Å². The van der Waals surface area contributed by atoms with Crippen LogP contribution < -0.4 is 16.7 Å². The lowest BCUT2D eigenvalue weighted by Crippen LogP contribution is -2.25. The van der Waals surface area contributed by atoms with Crippen LogP contribution in [-0.4, -0.2) is 42.9 Å². The maximum Gasteiger partial charge on any atom is 0.263 e. The van der Waals surface area contributed by atoms with Crippen molar-refractivity contribution in [1.29, 1.82) is 0 Å². The number of benzene rings is 2. The third-order valence-electron chi connectivity index (χ3n) is 6.73. The Bertz CT molecular complexity index is 1750. The SMILES string of the molecule is Cc1ccccc1-n1c(Cn2nc(C3=CN(C)NC3)c3c(N)ncnc32)cc2cccc(C)c2c1=O. The van der Waals surface area contributed by atoms with Crippen LogP contribution in [0.4, 0.5) is 5.82 Å². The third kappa shape index (κ3) is 3.44. The zero-order valence-corrected chi connectivity index (χ0v) is 20.4. The van der Waals surface area contributed by atoms with Crippen LogP contribution in [0.15, 0.2) is 65.9 Å². The number of hydrazine groups is 1. The van der Waals surface area contributed by atoms with E-state index < -0.39 is 0 Å². The van der Waals surface area contributed by atoms with Crippen molar-refractivity contribution >= 4 is 33.2 Å². The van der Waals surface area contributed by atoms with E-state index in [1.165, 1.54) is 6.33 Å². The van der Waals surface area contributed by atoms with Gasteiger partial charge < -0.3 is 10.7 Å². The van der Waals surface area contributed by atoms with Gasteiger partial charge in [-0.3, -0.25) is 9.36 Å². The van der Waals surface area contributed by atoms with Gasteiger partial charge in [0.1, 0.15) is 17.8 Å². The number of anilines is 1. The summed E-state index contributed by atoms with van der Waals surface area (Å²) < 4.78 is 3.61. The minimum absolute atomic E-state index is 0.0509. The summed E-state index contributed by atoms with van der Waals surface area (Å²) >= 11 is 0. The third-order valence-corrected chi connectivity index (χ3v) is 6.73. The van der Waals surface area contributed by atoms with Crippen LogP contribution in [0.3, 0.4) is 0 Å². The first-order valence-electron chi connectivity index (χ1n) is 11.8. The molecule has 0 saturated heterocycles. The molecule has 0 aliphatic carbocycles. The van der Waals surface area contributed by atoms with Crippen molar-refractivity contribution in [3.05, 3.63) is 93.9 Å². The number of nitrogens with one attached hydrogen (secondary N) is 1. The Morgan fingerprint density at radius 1 is 1.03 bits per heavy atom. The monoisotopic (exact) mass is 478 g/mol. The van der Waals surface area contributed by atoms with Crippen molar-refractivity contribution in [2.24, 2.45) is 0 Å². The zero-order valence-electron chi connectivity index (χ0n) is 20.4. The minimum atomic E-state index is -0.0509. The van der Waals surface area contributed by atoms with Crippen LogP contribution in [0.5, 0.6) is 0 Å². The second-order valence-electron chi connectivity index (χ2n) is 9.17. The zero-order chi connectivity index (χ0) is 25.0. The van der Waals surface area contributed by atoms with Crippen LogP contribution in [-0.2, 0) is 6.54 Å². The number of aromatic nitrogens is 5. The van der Waals surface area contributed by atoms with Crippen molar-refractivity contribution in [3.8, 4) is 5.69 Å². The molecule has 9 nitrogen and oxygen atoms in total. The summed E-state index contributed by atoms with van der Waals surface area (Å²) in [5, 5.41) is 9.14. The summed E-state index contributed by atoms with van der Waals surface area (Å²) in [6.45, 7) is 4.94. The average Bonchev–Trinajstić information content (AvgIpc) is 3.44. The van der Waals surface area contributed by atoms with Crippen LogP contribution in [0.2, 0.25) is 0 Å². The van der Waals surface area contributed by atoms with Crippen molar-refractivity contribution in [1.82, 2.24) is 34.8 Å². The average molecular weight is 479 g/mol. The van der Waals surface area contributed by atoms with Gasteiger partial charge in [-0.15, -0.1) is 0 Å². The molecule has 4 heterocycles. The number of hydrogen-bond acceptors (Lipinski definition) is 7. The number of hydrogen-bond donors (Lipinski definition) is 2. The molecule has 1 aliphatic rings. The van der Waals surface area contributed by atoms with Gasteiger partial charge in [-0.05, 0) is 42.5 Å². The van der Waals surface area contributed by atoms with Crippen LogP contribution in [0, 0.1) is 13.8 Å². The molecule has 3 N–H and O–H groups in total. The molecule has 9 heteroatoms. The summed E-state index contributed by atoms with van der Waals surface area (Å²) in [5.41, 5.74) is 15.5. The Kier molecular flexibility index (Phi) is 5.08. The Morgan fingerprint density at radius 3 is 2.61 bits per heavy atom. The van der Waals surface area contributed by atoms with Gasteiger partial charge in [0.2, 0.25) is 0 Å². The quantitative estimate of drug-likeness (QED) is 0.409. The van der Waals surface area contributed by atoms with Gasteiger partial charge in [-0.25, -0.2) is 20.1 Å². The lowest BCUT2D eigenvalue weighted by molar-refractivity contribution is 0.374. The summed E-state index contributed by atoms with van der Waals surface area (Å²) in [6.07, 6.45) is 3.44. The van der Waals surface area contributed by atoms with Gasteiger partial charge in [0.25, 0.3) is 5.56 Å². The highest BCUT2D eigenvalue weighted by Crippen LogP contribution is 2.29. The maximum atomic E-state index is 13.9. The molecule has 0 bridgehead atoms. The maximum absolute atomic E-state index is 13.9. The molecule has 3 aromatic heterocycles. The van der Waals surface area contributed by atoms with Crippen molar-refractivity contribution in [2.75, 3.05) is 19.3 Å². The molecule has 180 valence electrons. The highest BCUT2D eigenvalue weighted by Gasteiger charge is 2.23. The number of nitrogen functional groups attached to an aromatic ring is 1. The molecule has 0 radical (unpaired) electrons. The summed E-state index contributed by atoms with van der Waals surface area (Å²) in [6, 6.07) is 15.9. The van der Waals surface area contributed by atoms with Crippen molar-refractivity contribution in [3.63, 3.8) is 0 Å². The molecule has 0 spiro atoms. The van der Waals surface area contributed by atoms with E-state index in [1.54, 1.807) is 4.57 Å². The van der Waals surface area contributed by atoms with E-state index >= 15 is 0 Å². The predicted molar refractivity (Wildman–Crippen MR) is 142 cm³/mol. The second kappa shape index (κ2) is 8.31. The van der Waals surface area contributed by atoms with Gasteiger partial charge >= 0.3 is 0 Å². The summed E-state index contributed by atoms with van der Waals surface area (Å²) in [5.74, 6) is 0.377. The first-order valence-corrected chi connectivity index (χ1v) is 11.8. The molecule has 0 unspecified atom stereocenters. The standard InChI is InChI=1S/C27H26N8O/c1-16-7-4-5-10-21(16)35-20(11-18-9-6-8-17(2)22(18)27(35)36)14-34-26-23(25(28)29-15-30-26)24(32-34)19-12-31-33(3)13-19/h4-11,13,15,31H,12,14H2,1-3H3,(H2,28,29,30). The molecule has 1 aliphatic heterocycles. The van der Waals surface area contributed by atoms with Gasteiger partial charge in [0, 0.05) is 31.1 Å².